The number of nitrogens with zero attached hydrogens (tertiary/aromatic N) is 1. The fraction of sp³-hybridized carbons (Fsp3) is 0.435. The number of benzene rings is 2. The number of rotatable bonds is 4. The monoisotopic (exact) mass is 398 g/mol. The number of likely N-dealkylation sites (tertiary alicyclic amines) is 1. The van der Waals surface area contributed by atoms with E-state index in [1.54, 1.807) is 12.1 Å². The zero-order chi connectivity index (χ0) is 20.6. The lowest BCUT2D eigenvalue weighted by atomic mass is 9.83. The van der Waals surface area contributed by atoms with Crippen LogP contribution in [0.1, 0.15) is 49.0 Å². The summed E-state index contributed by atoms with van der Waals surface area (Å²) < 4.78 is 13.2. The zero-order valence-electron chi connectivity index (χ0n) is 16.6. The van der Waals surface area contributed by atoms with Crippen LogP contribution in [-0.2, 0) is 16.8 Å². The van der Waals surface area contributed by atoms with Crippen LogP contribution in [-0.4, -0.2) is 40.2 Å². The van der Waals surface area contributed by atoms with Crippen LogP contribution in [0.4, 0.5) is 10.1 Å². The van der Waals surface area contributed by atoms with E-state index in [-0.39, 0.29) is 17.8 Å². The first-order chi connectivity index (χ1) is 13.9. The molecule has 2 aromatic carbocycles. The van der Waals surface area contributed by atoms with Crippen molar-refractivity contribution in [2.75, 3.05) is 18.4 Å². The Balaban J connectivity index is 1.42. The predicted molar refractivity (Wildman–Crippen MR) is 109 cm³/mol. The van der Waals surface area contributed by atoms with Gasteiger partial charge in [0.2, 0.25) is 5.91 Å². The van der Waals surface area contributed by atoms with Crippen LogP contribution < -0.4 is 5.32 Å². The van der Waals surface area contributed by atoms with Crippen LogP contribution in [0.2, 0.25) is 0 Å². The molecule has 2 aliphatic heterocycles. The third-order valence-corrected chi connectivity index (χ3v) is 6.41. The van der Waals surface area contributed by atoms with Crippen molar-refractivity contribution >= 4 is 11.6 Å². The molecule has 0 spiro atoms. The maximum absolute atomic E-state index is 13.2. The summed E-state index contributed by atoms with van der Waals surface area (Å²) in [5.41, 5.74) is 2.50. The lowest BCUT2D eigenvalue weighted by Crippen LogP contribution is -2.47. The quantitative estimate of drug-likeness (QED) is 0.740. The molecule has 0 bridgehead atoms. The molecule has 0 aliphatic carbocycles. The number of hydrogen-bond acceptors (Lipinski definition) is 4. The molecule has 0 aromatic heterocycles. The smallest absolute Gasteiger partial charge is 0.224 e. The van der Waals surface area contributed by atoms with E-state index in [9.17, 15) is 19.4 Å². The van der Waals surface area contributed by atoms with Gasteiger partial charge in [-0.25, -0.2) is 4.39 Å². The molecule has 0 unspecified atom stereocenters. The molecule has 154 valence electrons. The molecule has 6 heteroatoms. The molecule has 2 heterocycles. The normalized spacial score (nSPS) is 21.2. The molecule has 0 saturated carbocycles. The first-order valence-corrected chi connectivity index (χ1v) is 10.2. The largest absolute Gasteiger partial charge is 0.387 e. The zero-order valence-corrected chi connectivity index (χ0v) is 16.6. The van der Waals surface area contributed by atoms with E-state index in [1.165, 1.54) is 12.1 Å². The van der Waals surface area contributed by atoms with Crippen molar-refractivity contribution in [3.05, 3.63) is 65.0 Å². The van der Waals surface area contributed by atoms with Gasteiger partial charge in [-0.05, 0) is 61.1 Å². The van der Waals surface area contributed by atoms with Gasteiger partial charge in [-0.2, -0.15) is 0 Å². The van der Waals surface area contributed by atoms with Crippen LogP contribution in [0.3, 0.4) is 0 Å². The topological polar surface area (TPSA) is 72.8 Å². The van der Waals surface area contributed by atoms with Crippen LogP contribution in [0.15, 0.2) is 42.5 Å². The molecular formula is C23H27FN2O3. The van der Waals surface area contributed by atoms with E-state index < -0.39 is 11.7 Å². The van der Waals surface area contributed by atoms with E-state index in [0.717, 1.165) is 22.4 Å². The molecular weight excluding hydrogens is 371 g/mol. The van der Waals surface area contributed by atoms with Crippen molar-refractivity contribution in [1.82, 2.24) is 4.90 Å². The molecule has 5 nitrogen and oxygen atoms in total. The van der Waals surface area contributed by atoms with Gasteiger partial charge in [0.25, 0.3) is 0 Å². The third-order valence-electron chi connectivity index (χ3n) is 6.41. The first-order valence-electron chi connectivity index (χ1n) is 10.2. The van der Waals surface area contributed by atoms with Crippen LogP contribution in [0, 0.1) is 5.82 Å². The Bertz CT molecular complexity index is 891. The summed E-state index contributed by atoms with van der Waals surface area (Å²) in [4.78, 5) is 13.7. The number of piperidine rings is 1. The number of aryl methyl sites for hydroxylation is 1. The number of aliphatic hydroxyl groups excluding tert-OH is 1. The summed E-state index contributed by atoms with van der Waals surface area (Å²) in [6, 6.07) is 11.7. The molecule has 0 radical (unpaired) electrons. The van der Waals surface area contributed by atoms with E-state index in [1.807, 2.05) is 25.1 Å². The third kappa shape index (κ3) is 4.06. The van der Waals surface area contributed by atoms with Gasteiger partial charge in [-0.3, -0.25) is 9.69 Å². The summed E-state index contributed by atoms with van der Waals surface area (Å²) in [7, 11) is 0. The highest BCUT2D eigenvalue weighted by Gasteiger charge is 2.36. The Morgan fingerprint density at radius 2 is 1.79 bits per heavy atom. The van der Waals surface area contributed by atoms with Crippen molar-refractivity contribution in [2.24, 2.45) is 0 Å². The Hall–Kier alpha value is -2.28. The molecule has 4 rings (SSSR count). The van der Waals surface area contributed by atoms with Crippen molar-refractivity contribution in [2.45, 2.75) is 50.4 Å². The highest BCUT2D eigenvalue weighted by atomic mass is 19.1. The molecule has 1 amide bonds. The van der Waals surface area contributed by atoms with E-state index in [0.29, 0.717) is 38.8 Å². The van der Waals surface area contributed by atoms with E-state index in [4.69, 9.17) is 0 Å². The fourth-order valence-corrected chi connectivity index (χ4v) is 4.42. The Kier molecular flexibility index (Phi) is 5.42. The number of anilines is 1. The number of carbonyl (C=O) groups is 1. The number of amides is 1. The second kappa shape index (κ2) is 7.86. The average Bonchev–Trinajstić information content (AvgIpc) is 2.73. The van der Waals surface area contributed by atoms with Crippen molar-refractivity contribution < 1.29 is 19.4 Å². The van der Waals surface area contributed by atoms with E-state index >= 15 is 0 Å². The SMILES string of the molecule is C[C@@H]([C@@H](O)c1ccc2c(c1)CCC(=O)N2)N1CCC(O)(c2ccc(F)cc2)CC1. The predicted octanol–water partition coefficient (Wildman–Crippen LogP) is 3.12. The van der Waals surface area contributed by atoms with Gasteiger partial charge in [0.05, 0.1) is 11.7 Å². The lowest BCUT2D eigenvalue weighted by Gasteiger charge is -2.42. The summed E-state index contributed by atoms with van der Waals surface area (Å²) in [5, 5.41) is 24.8. The van der Waals surface area contributed by atoms with Crippen LogP contribution in [0.5, 0.6) is 0 Å². The molecule has 2 aliphatic rings. The van der Waals surface area contributed by atoms with E-state index in [2.05, 4.69) is 10.2 Å². The van der Waals surface area contributed by atoms with Crippen LogP contribution in [0.25, 0.3) is 0 Å². The maximum Gasteiger partial charge on any atom is 0.224 e. The summed E-state index contributed by atoms with van der Waals surface area (Å²) in [6.07, 6.45) is 1.56. The number of nitrogens with one attached hydrogen (secondary N) is 1. The highest BCUT2D eigenvalue weighted by Crippen LogP contribution is 2.35. The van der Waals surface area contributed by atoms with Crippen molar-refractivity contribution in [3.8, 4) is 0 Å². The number of halogens is 1. The van der Waals surface area contributed by atoms with Gasteiger partial charge in [0.15, 0.2) is 0 Å². The van der Waals surface area contributed by atoms with Gasteiger partial charge in [-0.15, -0.1) is 0 Å². The lowest BCUT2D eigenvalue weighted by molar-refractivity contribution is -0.116. The first kappa shape index (κ1) is 20.0. The van der Waals surface area contributed by atoms with Gasteiger partial charge in [0.1, 0.15) is 5.82 Å². The van der Waals surface area contributed by atoms with Crippen molar-refractivity contribution in [3.63, 3.8) is 0 Å². The summed E-state index contributed by atoms with van der Waals surface area (Å²) in [6.45, 7) is 3.29. The number of fused-ring (bicyclic) bond motifs is 1. The van der Waals surface area contributed by atoms with Gasteiger partial charge < -0.3 is 15.5 Å². The number of hydrogen-bond donors (Lipinski definition) is 3. The average molecular weight is 398 g/mol. The standard InChI is InChI=1S/C23H27FN2O3/c1-15(22(28)17-2-8-20-16(14-17)3-9-21(27)25-20)26-12-10-23(29,11-13-26)18-4-6-19(24)7-5-18/h2,4-8,14-15,22,28-29H,3,9-13H2,1H3,(H,25,27)/t15-,22+/m0/s1. The second-order valence-electron chi connectivity index (χ2n) is 8.22. The molecule has 1 saturated heterocycles. The highest BCUT2D eigenvalue weighted by molar-refractivity contribution is 5.93. The second-order valence-corrected chi connectivity index (χ2v) is 8.22. The van der Waals surface area contributed by atoms with Gasteiger partial charge in [0, 0.05) is 31.2 Å². The fourth-order valence-electron chi connectivity index (χ4n) is 4.42. The Labute approximate surface area is 170 Å². The summed E-state index contributed by atoms with van der Waals surface area (Å²) in [5.74, 6) is -0.280. The maximum atomic E-state index is 13.2. The Morgan fingerprint density at radius 1 is 1.10 bits per heavy atom. The number of aliphatic hydroxyl groups is 2. The minimum absolute atomic E-state index is 0.0288. The van der Waals surface area contributed by atoms with Crippen molar-refractivity contribution in [1.29, 1.82) is 0 Å². The minimum atomic E-state index is -0.959. The van der Waals surface area contributed by atoms with Gasteiger partial charge >= 0.3 is 0 Å². The summed E-state index contributed by atoms with van der Waals surface area (Å²) >= 11 is 0. The Morgan fingerprint density at radius 3 is 2.48 bits per heavy atom. The molecule has 3 N–H and O–H groups in total. The molecule has 29 heavy (non-hydrogen) atoms. The molecule has 2 aromatic rings. The van der Waals surface area contributed by atoms with Crippen LogP contribution >= 0.6 is 0 Å². The molecule has 2 atom stereocenters. The minimum Gasteiger partial charge on any atom is -0.387 e. The molecule has 1 fully saturated rings. The van der Waals surface area contributed by atoms with Gasteiger partial charge in [-0.1, -0.05) is 24.3 Å². The number of carbonyl (C=O) groups excluding carboxylic acids is 1.